The summed E-state index contributed by atoms with van der Waals surface area (Å²) in [7, 11) is 0. The number of carbonyl (C=O) groups excluding carboxylic acids is 1. The number of amides is 1. The Morgan fingerprint density at radius 1 is 1.36 bits per heavy atom. The Bertz CT molecular complexity index is 919. The van der Waals surface area contributed by atoms with Crippen LogP contribution in [0.2, 0.25) is 0 Å². The van der Waals surface area contributed by atoms with Crippen molar-refractivity contribution in [2.45, 2.75) is 26.3 Å². The molecule has 6 nitrogen and oxygen atoms in total. The first-order valence-electron chi connectivity index (χ1n) is 8.59. The van der Waals surface area contributed by atoms with E-state index in [0.717, 1.165) is 34.9 Å². The maximum Gasteiger partial charge on any atom is 0.272 e. The Kier molecular flexibility index (Phi) is 4.09. The molecule has 0 unspecified atom stereocenters. The van der Waals surface area contributed by atoms with Crippen LogP contribution in [0.5, 0.6) is 5.88 Å². The van der Waals surface area contributed by atoms with Gasteiger partial charge in [-0.05, 0) is 23.9 Å². The van der Waals surface area contributed by atoms with Crippen molar-refractivity contribution in [2.75, 3.05) is 13.2 Å². The van der Waals surface area contributed by atoms with Crippen LogP contribution >= 0.6 is 0 Å². The quantitative estimate of drug-likeness (QED) is 0.795. The van der Waals surface area contributed by atoms with Crippen LogP contribution in [-0.4, -0.2) is 39.1 Å². The van der Waals surface area contributed by atoms with Crippen LogP contribution in [0.3, 0.4) is 0 Å². The highest BCUT2D eigenvalue weighted by Crippen LogP contribution is 2.26. The minimum absolute atomic E-state index is 0.0704. The van der Waals surface area contributed by atoms with Crippen molar-refractivity contribution >= 4 is 16.7 Å². The summed E-state index contributed by atoms with van der Waals surface area (Å²) in [5, 5.41) is 8.95. The van der Waals surface area contributed by atoms with E-state index >= 15 is 0 Å². The summed E-state index contributed by atoms with van der Waals surface area (Å²) < 4.78 is 5.79. The number of pyridine rings is 1. The molecule has 3 aromatic rings. The Labute approximate surface area is 145 Å². The van der Waals surface area contributed by atoms with Crippen molar-refractivity contribution in [3.8, 4) is 5.88 Å². The van der Waals surface area contributed by atoms with Gasteiger partial charge in [0.05, 0.1) is 12.8 Å². The lowest BCUT2D eigenvalue weighted by Gasteiger charge is -2.26. The number of aromatic nitrogens is 3. The summed E-state index contributed by atoms with van der Waals surface area (Å²) >= 11 is 0. The van der Waals surface area contributed by atoms with Crippen LogP contribution < -0.4 is 4.74 Å². The molecule has 6 heteroatoms. The lowest BCUT2D eigenvalue weighted by molar-refractivity contribution is 0.0727. The Balaban J connectivity index is 1.67. The zero-order valence-corrected chi connectivity index (χ0v) is 14.2. The van der Waals surface area contributed by atoms with Gasteiger partial charge in [0.25, 0.3) is 5.91 Å². The molecule has 0 fully saturated rings. The molecule has 1 amide bonds. The van der Waals surface area contributed by atoms with E-state index in [2.05, 4.69) is 15.2 Å². The van der Waals surface area contributed by atoms with Crippen molar-refractivity contribution in [1.82, 2.24) is 20.1 Å². The number of nitrogens with one attached hydrogen (secondary N) is 1. The number of fused-ring (bicyclic) bond motifs is 2. The molecule has 0 atom stereocenters. The first kappa shape index (κ1) is 15.6. The molecule has 25 heavy (non-hydrogen) atoms. The van der Waals surface area contributed by atoms with Gasteiger partial charge in [-0.1, -0.05) is 25.1 Å². The molecule has 0 radical (unpaired) electrons. The zero-order valence-electron chi connectivity index (χ0n) is 14.2. The lowest BCUT2D eigenvalue weighted by atomic mass is 10.1. The molecule has 1 aromatic carbocycles. The molecule has 2 aromatic heterocycles. The number of benzene rings is 1. The van der Waals surface area contributed by atoms with Crippen LogP contribution in [-0.2, 0) is 13.0 Å². The fourth-order valence-electron chi connectivity index (χ4n) is 3.14. The number of aromatic amines is 1. The standard InChI is InChI=1S/C19H20N4O2/c1-2-9-25-18-15-6-4-3-5-13(15)10-17(21-18)19(24)23-8-7-16-14(12-23)11-20-22-16/h3-6,10-11H,2,7-9,12H2,1H3,(H,20,22). The smallest absolute Gasteiger partial charge is 0.272 e. The maximum absolute atomic E-state index is 13.0. The van der Waals surface area contributed by atoms with Crippen molar-refractivity contribution in [3.63, 3.8) is 0 Å². The number of H-pyrrole nitrogens is 1. The largest absolute Gasteiger partial charge is 0.477 e. The Morgan fingerprint density at radius 2 is 2.24 bits per heavy atom. The highest BCUT2D eigenvalue weighted by atomic mass is 16.5. The molecule has 0 aliphatic carbocycles. The van der Waals surface area contributed by atoms with Crippen LogP contribution in [0.4, 0.5) is 0 Å². The molecular weight excluding hydrogens is 316 g/mol. The van der Waals surface area contributed by atoms with E-state index in [1.54, 1.807) is 6.20 Å². The van der Waals surface area contributed by atoms with E-state index in [-0.39, 0.29) is 5.91 Å². The zero-order chi connectivity index (χ0) is 17.2. The van der Waals surface area contributed by atoms with Crippen molar-refractivity contribution < 1.29 is 9.53 Å². The summed E-state index contributed by atoms with van der Waals surface area (Å²) in [4.78, 5) is 19.3. The molecule has 1 N–H and O–H groups in total. The van der Waals surface area contributed by atoms with Gasteiger partial charge in [0.2, 0.25) is 5.88 Å². The fourth-order valence-corrected chi connectivity index (χ4v) is 3.14. The SMILES string of the molecule is CCCOc1nc(C(=O)N2CCc3[nH]ncc3C2)cc2ccccc12. The number of rotatable bonds is 4. The van der Waals surface area contributed by atoms with Gasteiger partial charge < -0.3 is 9.64 Å². The average Bonchev–Trinajstić information content (AvgIpc) is 3.13. The van der Waals surface area contributed by atoms with Gasteiger partial charge in [-0.2, -0.15) is 5.10 Å². The van der Waals surface area contributed by atoms with E-state index < -0.39 is 0 Å². The summed E-state index contributed by atoms with van der Waals surface area (Å²) in [6.07, 6.45) is 3.47. The molecule has 0 spiro atoms. The number of ether oxygens (including phenoxy) is 1. The third kappa shape index (κ3) is 2.95. The van der Waals surface area contributed by atoms with Gasteiger partial charge in [0.1, 0.15) is 5.69 Å². The van der Waals surface area contributed by atoms with Gasteiger partial charge in [0, 0.05) is 36.2 Å². The summed E-state index contributed by atoms with van der Waals surface area (Å²) in [6, 6.07) is 9.72. The fraction of sp³-hybridized carbons (Fsp3) is 0.316. The summed E-state index contributed by atoms with van der Waals surface area (Å²) in [6.45, 7) is 3.85. The second-order valence-electron chi connectivity index (χ2n) is 6.23. The first-order chi connectivity index (χ1) is 12.3. The number of carbonyl (C=O) groups is 1. The van der Waals surface area contributed by atoms with E-state index in [1.165, 1.54) is 0 Å². The summed E-state index contributed by atoms with van der Waals surface area (Å²) in [5.41, 5.74) is 2.61. The van der Waals surface area contributed by atoms with Crippen molar-refractivity contribution in [3.05, 3.63) is 53.5 Å². The second-order valence-corrected chi connectivity index (χ2v) is 6.23. The first-order valence-corrected chi connectivity index (χ1v) is 8.59. The predicted octanol–water partition coefficient (Wildman–Crippen LogP) is 2.95. The highest BCUT2D eigenvalue weighted by Gasteiger charge is 2.24. The van der Waals surface area contributed by atoms with Gasteiger partial charge in [-0.3, -0.25) is 9.89 Å². The Morgan fingerprint density at radius 3 is 3.12 bits per heavy atom. The van der Waals surface area contributed by atoms with Gasteiger partial charge in [-0.15, -0.1) is 0 Å². The minimum Gasteiger partial charge on any atom is -0.477 e. The molecule has 3 heterocycles. The third-order valence-electron chi connectivity index (χ3n) is 4.46. The van der Waals surface area contributed by atoms with Crippen molar-refractivity contribution in [1.29, 1.82) is 0 Å². The van der Waals surface area contributed by atoms with Crippen LogP contribution in [0.15, 0.2) is 36.5 Å². The molecule has 4 rings (SSSR count). The monoisotopic (exact) mass is 336 g/mol. The molecule has 0 saturated heterocycles. The van der Waals surface area contributed by atoms with E-state index in [9.17, 15) is 4.79 Å². The van der Waals surface area contributed by atoms with E-state index in [0.29, 0.717) is 31.3 Å². The maximum atomic E-state index is 13.0. The van der Waals surface area contributed by atoms with E-state index in [1.807, 2.05) is 42.2 Å². The molecular formula is C19H20N4O2. The second kappa shape index (κ2) is 6.55. The molecule has 0 bridgehead atoms. The van der Waals surface area contributed by atoms with Crippen LogP contribution in [0, 0.1) is 0 Å². The molecule has 1 aliphatic heterocycles. The van der Waals surface area contributed by atoms with Gasteiger partial charge >= 0.3 is 0 Å². The normalized spacial score (nSPS) is 13.7. The van der Waals surface area contributed by atoms with Crippen LogP contribution in [0.1, 0.15) is 35.1 Å². The minimum atomic E-state index is -0.0704. The number of nitrogens with zero attached hydrogens (tertiary/aromatic N) is 3. The van der Waals surface area contributed by atoms with E-state index in [4.69, 9.17) is 4.74 Å². The number of hydrogen-bond acceptors (Lipinski definition) is 4. The number of hydrogen-bond donors (Lipinski definition) is 1. The lowest BCUT2D eigenvalue weighted by Crippen LogP contribution is -2.36. The van der Waals surface area contributed by atoms with Crippen LogP contribution in [0.25, 0.3) is 10.8 Å². The molecule has 128 valence electrons. The predicted molar refractivity (Wildman–Crippen MR) is 94.6 cm³/mol. The molecule has 1 aliphatic rings. The Hall–Kier alpha value is -2.89. The average molecular weight is 336 g/mol. The third-order valence-corrected chi connectivity index (χ3v) is 4.46. The van der Waals surface area contributed by atoms with Gasteiger partial charge in [-0.25, -0.2) is 4.98 Å². The molecule has 0 saturated carbocycles. The highest BCUT2D eigenvalue weighted by molar-refractivity contribution is 5.98. The van der Waals surface area contributed by atoms with Crippen molar-refractivity contribution in [2.24, 2.45) is 0 Å². The summed E-state index contributed by atoms with van der Waals surface area (Å²) in [5.74, 6) is 0.461. The topological polar surface area (TPSA) is 71.1 Å². The van der Waals surface area contributed by atoms with Gasteiger partial charge in [0.15, 0.2) is 0 Å².